The highest BCUT2D eigenvalue weighted by Crippen LogP contribution is 2.22. The van der Waals surface area contributed by atoms with Crippen LogP contribution in [0.5, 0.6) is 0 Å². The summed E-state index contributed by atoms with van der Waals surface area (Å²) in [5.74, 6) is -0.934. The molecule has 1 aliphatic rings. The van der Waals surface area contributed by atoms with Crippen LogP contribution in [-0.2, 0) is 10.0 Å². The van der Waals surface area contributed by atoms with Crippen LogP contribution in [0.2, 0.25) is 0 Å². The quantitative estimate of drug-likeness (QED) is 0.898. The largest absolute Gasteiger partial charge is 0.478 e. The normalized spacial score (nSPS) is 19.3. The number of sulfonamides is 1. The third-order valence-electron chi connectivity index (χ3n) is 3.93. The molecule has 0 spiro atoms. The van der Waals surface area contributed by atoms with E-state index in [1.54, 1.807) is 12.1 Å². The van der Waals surface area contributed by atoms with Crippen molar-refractivity contribution in [2.75, 3.05) is 32.4 Å². The zero-order valence-corrected chi connectivity index (χ0v) is 13.0. The molecule has 1 aromatic carbocycles. The standard InChI is InChI=1S/C14H20N2O4S/c1-11(12-3-5-13(6-4-12)14(17)18)15-7-9-16(10-8-15)21(2,19)20/h3-6,11H,7-10H2,1-2H3,(H,17,18). The fourth-order valence-corrected chi connectivity index (χ4v) is 3.36. The Kier molecular flexibility index (Phi) is 4.65. The van der Waals surface area contributed by atoms with E-state index in [1.807, 2.05) is 19.1 Å². The summed E-state index contributed by atoms with van der Waals surface area (Å²) in [7, 11) is -3.11. The zero-order valence-electron chi connectivity index (χ0n) is 12.2. The molecule has 0 amide bonds. The second kappa shape index (κ2) is 6.13. The monoisotopic (exact) mass is 312 g/mol. The predicted molar refractivity (Wildman–Crippen MR) is 79.8 cm³/mol. The number of carbonyl (C=O) groups is 1. The Bertz CT molecular complexity index is 604. The lowest BCUT2D eigenvalue weighted by Crippen LogP contribution is -2.48. The molecule has 0 aliphatic carbocycles. The van der Waals surface area contributed by atoms with Crippen molar-refractivity contribution in [3.8, 4) is 0 Å². The van der Waals surface area contributed by atoms with Gasteiger partial charge in [0.25, 0.3) is 0 Å². The van der Waals surface area contributed by atoms with Gasteiger partial charge < -0.3 is 5.11 Å². The van der Waals surface area contributed by atoms with Gasteiger partial charge in [-0.2, -0.15) is 4.31 Å². The predicted octanol–water partition coefficient (Wildman–Crippen LogP) is 1.02. The fourth-order valence-electron chi connectivity index (χ4n) is 2.54. The van der Waals surface area contributed by atoms with E-state index in [2.05, 4.69) is 4.90 Å². The number of carboxylic acid groups (broad SMARTS) is 1. The van der Waals surface area contributed by atoms with Gasteiger partial charge in [-0.05, 0) is 24.6 Å². The van der Waals surface area contributed by atoms with Crippen LogP contribution in [0.25, 0.3) is 0 Å². The first-order chi connectivity index (χ1) is 9.79. The van der Waals surface area contributed by atoms with E-state index in [0.717, 1.165) is 5.56 Å². The maximum atomic E-state index is 11.5. The molecule has 0 saturated carbocycles. The molecule has 1 aliphatic heterocycles. The molecule has 6 nitrogen and oxygen atoms in total. The van der Waals surface area contributed by atoms with Crippen molar-refractivity contribution in [3.05, 3.63) is 35.4 Å². The number of aromatic carboxylic acids is 1. The Morgan fingerprint density at radius 2 is 1.67 bits per heavy atom. The summed E-state index contributed by atoms with van der Waals surface area (Å²) in [6, 6.07) is 6.96. The van der Waals surface area contributed by atoms with Crippen LogP contribution in [0.1, 0.15) is 28.9 Å². The average Bonchev–Trinajstić information content (AvgIpc) is 2.46. The topological polar surface area (TPSA) is 77.9 Å². The van der Waals surface area contributed by atoms with Crippen molar-refractivity contribution in [2.24, 2.45) is 0 Å². The zero-order chi connectivity index (χ0) is 15.6. The highest BCUT2D eigenvalue weighted by Gasteiger charge is 2.26. The molecule has 116 valence electrons. The van der Waals surface area contributed by atoms with Crippen LogP contribution in [0.15, 0.2) is 24.3 Å². The number of hydrogen-bond donors (Lipinski definition) is 1. The van der Waals surface area contributed by atoms with Crippen LogP contribution in [0, 0.1) is 0 Å². The van der Waals surface area contributed by atoms with Gasteiger partial charge in [0.1, 0.15) is 0 Å². The average molecular weight is 312 g/mol. The van der Waals surface area contributed by atoms with Gasteiger partial charge in [-0.1, -0.05) is 12.1 Å². The van der Waals surface area contributed by atoms with Crippen molar-refractivity contribution < 1.29 is 18.3 Å². The molecule has 1 N–H and O–H groups in total. The number of hydrogen-bond acceptors (Lipinski definition) is 4. The molecule has 2 rings (SSSR count). The molecule has 0 aromatic heterocycles. The summed E-state index contributed by atoms with van der Waals surface area (Å²) < 4.78 is 24.5. The summed E-state index contributed by atoms with van der Waals surface area (Å²) in [6.07, 6.45) is 1.23. The minimum atomic E-state index is -3.11. The molecule has 1 aromatic rings. The number of carboxylic acids is 1. The summed E-state index contributed by atoms with van der Waals surface area (Å²) in [6.45, 7) is 4.39. The van der Waals surface area contributed by atoms with Gasteiger partial charge in [0.05, 0.1) is 11.8 Å². The smallest absolute Gasteiger partial charge is 0.335 e. The van der Waals surface area contributed by atoms with Crippen LogP contribution in [-0.4, -0.2) is 61.1 Å². The van der Waals surface area contributed by atoms with Gasteiger partial charge in [-0.3, -0.25) is 4.90 Å². The Balaban J connectivity index is 2.01. The summed E-state index contributed by atoms with van der Waals surface area (Å²) in [5, 5.41) is 8.90. The Morgan fingerprint density at radius 1 is 1.14 bits per heavy atom. The van der Waals surface area contributed by atoms with Crippen LogP contribution < -0.4 is 0 Å². The minimum Gasteiger partial charge on any atom is -0.478 e. The van der Waals surface area contributed by atoms with Crippen LogP contribution >= 0.6 is 0 Å². The molecule has 1 atom stereocenters. The number of piperazine rings is 1. The molecule has 1 fully saturated rings. The molecule has 21 heavy (non-hydrogen) atoms. The minimum absolute atomic E-state index is 0.134. The first-order valence-electron chi connectivity index (χ1n) is 6.81. The highest BCUT2D eigenvalue weighted by molar-refractivity contribution is 7.88. The van der Waals surface area contributed by atoms with Gasteiger partial charge in [0.2, 0.25) is 10.0 Å². The molecular weight excluding hydrogens is 292 g/mol. The van der Waals surface area contributed by atoms with E-state index in [-0.39, 0.29) is 11.6 Å². The van der Waals surface area contributed by atoms with E-state index >= 15 is 0 Å². The van der Waals surface area contributed by atoms with Crippen LogP contribution in [0.4, 0.5) is 0 Å². The third-order valence-corrected chi connectivity index (χ3v) is 5.23. The summed E-state index contributed by atoms with van der Waals surface area (Å²) in [4.78, 5) is 13.0. The first-order valence-corrected chi connectivity index (χ1v) is 8.66. The van der Waals surface area contributed by atoms with E-state index in [1.165, 1.54) is 10.6 Å². The maximum Gasteiger partial charge on any atom is 0.335 e. The molecule has 1 saturated heterocycles. The van der Waals surface area contributed by atoms with Gasteiger partial charge in [0.15, 0.2) is 0 Å². The second-order valence-corrected chi connectivity index (χ2v) is 7.28. The summed E-state index contributed by atoms with van der Waals surface area (Å²) >= 11 is 0. The van der Waals surface area contributed by atoms with Crippen molar-refractivity contribution in [2.45, 2.75) is 13.0 Å². The third kappa shape index (κ3) is 3.81. The van der Waals surface area contributed by atoms with Crippen molar-refractivity contribution in [3.63, 3.8) is 0 Å². The first kappa shape index (κ1) is 15.9. The summed E-state index contributed by atoms with van der Waals surface area (Å²) in [5.41, 5.74) is 1.31. The lowest BCUT2D eigenvalue weighted by molar-refractivity contribution is 0.0697. The van der Waals surface area contributed by atoms with E-state index in [9.17, 15) is 13.2 Å². The molecule has 0 radical (unpaired) electrons. The molecule has 1 unspecified atom stereocenters. The molecule has 7 heteroatoms. The lowest BCUT2D eigenvalue weighted by Gasteiger charge is -2.37. The van der Waals surface area contributed by atoms with Gasteiger partial charge in [-0.25, -0.2) is 13.2 Å². The fraction of sp³-hybridized carbons (Fsp3) is 0.500. The Labute approximate surface area is 125 Å². The van der Waals surface area contributed by atoms with Gasteiger partial charge in [-0.15, -0.1) is 0 Å². The molecule has 0 bridgehead atoms. The van der Waals surface area contributed by atoms with E-state index in [4.69, 9.17) is 5.11 Å². The molecular formula is C14H20N2O4S. The number of nitrogens with zero attached hydrogens (tertiary/aromatic N) is 2. The van der Waals surface area contributed by atoms with E-state index in [0.29, 0.717) is 26.2 Å². The Morgan fingerprint density at radius 3 is 2.10 bits per heavy atom. The van der Waals surface area contributed by atoms with Gasteiger partial charge >= 0.3 is 5.97 Å². The van der Waals surface area contributed by atoms with E-state index < -0.39 is 16.0 Å². The maximum absolute atomic E-state index is 11.5. The highest BCUT2D eigenvalue weighted by atomic mass is 32.2. The Hall–Kier alpha value is -1.44. The van der Waals surface area contributed by atoms with Crippen molar-refractivity contribution in [1.29, 1.82) is 0 Å². The second-order valence-electron chi connectivity index (χ2n) is 5.30. The van der Waals surface area contributed by atoms with Crippen molar-refractivity contribution >= 4 is 16.0 Å². The lowest BCUT2D eigenvalue weighted by atomic mass is 10.0. The SMILES string of the molecule is CC(c1ccc(C(=O)O)cc1)N1CCN(S(C)(=O)=O)CC1. The number of rotatable bonds is 4. The number of benzene rings is 1. The van der Waals surface area contributed by atoms with Crippen LogP contribution in [0.3, 0.4) is 0 Å². The van der Waals surface area contributed by atoms with Gasteiger partial charge in [0, 0.05) is 32.2 Å². The van der Waals surface area contributed by atoms with Crippen molar-refractivity contribution in [1.82, 2.24) is 9.21 Å². The molecule has 1 heterocycles.